The number of carbonyl (C=O) groups is 1. The summed E-state index contributed by atoms with van der Waals surface area (Å²) in [6.45, 7) is 0.578. The summed E-state index contributed by atoms with van der Waals surface area (Å²) >= 11 is 8.85. The van der Waals surface area contributed by atoms with Crippen LogP contribution in [0, 0.1) is 0 Å². The van der Waals surface area contributed by atoms with Gasteiger partial charge in [-0.25, -0.2) is 0 Å². The van der Waals surface area contributed by atoms with Crippen LogP contribution in [0.4, 0.5) is 0 Å². The number of hydrogen-bond donors (Lipinski definition) is 2. The Labute approximate surface area is 119 Å². The van der Waals surface area contributed by atoms with Crippen molar-refractivity contribution in [2.75, 3.05) is 6.54 Å². The van der Waals surface area contributed by atoms with Crippen molar-refractivity contribution in [1.29, 1.82) is 0 Å². The molecule has 2 aromatic heterocycles. The van der Waals surface area contributed by atoms with Crippen molar-refractivity contribution in [3.05, 3.63) is 43.7 Å². The zero-order chi connectivity index (χ0) is 13.0. The molecule has 0 saturated carbocycles. The van der Waals surface area contributed by atoms with Crippen LogP contribution in [-0.4, -0.2) is 12.5 Å². The van der Waals surface area contributed by atoms with Crippen molar-refractivity contribution in [2.45, 2.75) is 12.5 Å². The third-order valence-electron chi connectivity index (χ3n) is 2.43. The normalized spacial score (nSPS) is 12.3. The molecule has 0 aliphatic carbocycles. The van der Waals surface area contributed by atoms with Crippen LogP contribution in [0.15, 0.2) is 29.6 Å². The van der Waals surface area contributed by atoms with Crippen LogP contribution in [0.25, 0.3) is 0 Å². The van der Waals surface area contributed by atoms with E-state index in [-0.39, 0.29) is 5.91 Å². The highest BCUT2D eigenvalue weighted by atomic mass is 35.5. The molecule has 1 unspecified atom stereocenters. The summed E-state index contributed by atoms with van der Waals surface area (Å²) in [5.74, 6) is -0.139. The second-order valence-electron chi connectivity index (χ2n) is 3.74. The minimum absolute atomic E-state index is 0.139. The fraction of sp³-hybridized carbons (Fsp3) is 0.250. The predicted molar refractivity (Wildman–Crippen MR) is 77.3 cm³/mol. The van der Waals surface area contributed by atoms with E-state index in [1.807, 2.05) is 29.6 Å². The first-order valence-electron chi connectivity index (χ1n) is 5.47. The smallest absolute Gasteiger partial charge is 0.242 e. The molecular formula is C12H13ClN2OS2. The zero-order valence-electron chi connectivity index (χ0n) is 9.56. The average molecular weight is 301 g/mol. The molecule has 0 radical (unpaired) electrons. The van der Waals surface area contributed by atoms with Gasteiger partial charge in [0, 0.05) is 16.3 Å². The molecule has 3 nitrogen and oxygen atoms in total. The third kappa shape index (κ3) is 3.55. The quantitative estimate of drug-likeness (QED) is 0.892. The first-order chi connectivity index (χ1) is 8.66. The van der Waals surface area contributed by atoms with Crippen LogP contribution in [0.5, 0.6) is 0 Å². The number of thiophene rings is 2. The Bertz CT molecular complexity index is 510. The highest BCUT2D eigenvalue weighted by molar-refractivity contribution is 7.16. The summed E-state index contributed by atoms with van der Waals surface area (Å²) < 4.78 is 0.770. The lowest BCUT2D eigenvalue weighted by molar-refractivity contribution is -0.122. The summed E-state index contributed by atoms with van der Waals surface area (Å²) in [5, 5.41) is 4.75. The van der Waals surface area contributed by atoms with E-state index in [2.05, 4.69) is 5.32 Å². The maximum Gasteiger partial charge on any atom is 0.242 e. The average Bonchev–Trinajstić information content (AvgIpc) is 2.99. The van der Waals surface area contributed by atoms with Crippen molar-refractivity contribution < 1.29 is 4.79 Å². The molecule has 6 heteroatoms. The van der Waals surface area contributed by atoms with Crippen LogP contribution in [-0.2, 0) is 11.2 Å². The largest absolute Gasteiger partial charge is 0.354 e. The zero-order valence-corrected chi connectivity index (χ0v) is 11.9. The molecule has 0 bridgehead atoms. The Kier molecular flexibility index (Phi) is 4.77. The number of nitrogens with two attached hydrogens (primary N) is 1. The van der Waals surface area contributed by atoms with Gasteiger partial charge < -0.3 is 11.1 Å². The van der Waals surface area contributed by atoms with Crippen molar-refractivity contribution in [1.82, 2.24) is 5.32 Å². The molecule has 0 spiro atoms. The molecule has 1 atom stereocenters. The van der Waals surface area contributed by atoms with E-state index in [0.29, 0.717) is 6.54 Å². The molecule has 0 aliphatic heterocycles. The van der Waals surface area contributed by atoms with Crippen LogP contribution >= 0.6 is 34.3 Å². The molecule has 1 amide bonds. The van der Waals surface area contributed by atoms with E-state index in [9.17, 15) is 4.79 Å². The SMILES string of the molecule is NC(C(=O)NCCc1ccc(Cl)s1)c1cccs1. The molecule has 0 saturated heterocycles. The minimum Gasteiger partial charge on any atom is -0.354 e. The van der Waals surface area contributed by atoms with Gasteiger partial charge in [0.2, 0.25) is 5.91 Å². The van der Waals surface area contributed by atoms with Crippen molar-refractivity contribution in [2.24, 2.45) is 5.73 Å². The number of nitrogens with one attached hydrogen (secondary N) is 1. The maximum absolute atomic E-state index is 11.8. The van der Waals surface area contributed by atoms with Crippen molar-refractivity contribution in [3.63, 3.8) is 0 Å². The molecule has 2 heterocycles. The monoisotopic (exact) mass is 300 g/mol. The maximum atomic E-state index is 11.8. The third-order valence-corrected chi connectivity index (χ3v) is 4.68. The molecule has 2 aromatic rings. The standard InChI is InChI=1S/C12H13ClN2OS2/c13-10-4-3-8(18-10)5-6-15-12(16)11(14)9-2-1-7-17-9/h1-4,7,11H,5-6,14H2,(H,15,16). The minimum atomic E-state index is -0.572. The van der Waals surface area contributed by atoms with E-state index in [4.69, 9.17) is 17.3 Å². The van der Waals surface area contributed by atoms with Crippen molar-refractivity contribution >= 4 is 40.2 Å². The van der Waals surface area contributed by atoms with Gasteiger partial charge in [-0.3, -0.25) is 4.79 Å². The van der Waals surface area contributed by atoms with E-state index in [1.54, 1.807) is 0 Å². The van der Waals surface area contributed by atoms with Crippen LogP contribution < -0.4 is 11.1 Å². The molecule has 3 N–H and O–H groups in total. The van der Waals surface area contributed by atoms with E-state index in [0.717, 1.165) is 20.5 Å². The summed E-state index contributed by atoms with van der Waals surface area (Å²) in [6.07, 6.45) is 0.778. The molecule has 96 valence electrons. The first kappa shape index (κ1) is 13.5. The van der Waals surface area contributed by atoms with E-state index >= 15 is 0 Å². The molecule has 18 heavy (non-hydrogen) atoms. The Morgan fingerprint density at radius 3 is 2.89 bits per heavy atom. The van der Waals surface area contributed by atoms with Gasteiger partial charge in [-0.15, -0.1) is 22.7 Å². The van der Waals surface area contributed by atoms with Gasteiger partial charge in [0.1, 0.15) is 6.04 Å². The van der Waals surface area contributed by atoms with E-state index in [1.165, 1.54) is 22.7 Å². The number of hydrogen-bond acceptors (Lipinski definition) is 4. The van der Waals surface area contributed by atoms with Crippen LogP contribution in [0.3, 0.4) is 0 Å². The first-order valence-corrected chi connectivity index (χ1v) is 7.55. The van der Waals surface area contributed by atoms with Gasteiger partial charge in [-0.1, -0.05) is 17.7 Å². The Morgan fingerprint density at radius 2 is 2.28 bits per heavy atom. The number of amides is 1. The summed E-state index contributed by atoms with van der Waals surface area (Å²) in [7, 11) is 0. The lowest BCUT2D eigenvalue weighted by atomic mass is 10.2. The highest BCUT2D eigenvalue weighted by Gasteiger charge is 2.15. The molecule has 0 fully saturated rings. The second-order valence-corrected chi connectivity index (χ2v) is 6.52. The molecule has 2 rings (SSSR count). The number of rotatable bonds is 5. The Balaban J connectivity index is 1.78. The fourth-order valence-corrected chi connectivity index (χ4v) is 3.31. The van der Waals surface area contributed by atoms with Crippen LogP contribution in [0.1, 0.15) is 15.8 Å². The summed E-state index contributed by atoms with van der Waals surface area (Å²) in [6, 6.07) is 7.02. The van der Waals surface area contributed by atoms with E-state index < -0.39 is 6.04 Å². The van der Waals surface area contributed by atoms with Crippen molar-refractivity contribution in [3.8, 4) is 0 Å². The molecular weight excluding hydrogens is 288 g/mol. The Hall–Kier alpha value is -0.880. The Morgan fingerprint density at radius 1 is 1.44 bits per heavy atom. The number of carbonyl (C=O) groups excluding carboxylic acids is 1. The lowest BCUT2D eigenvalue weighted by Gasteiger charge is -2.10. The van der Waals surface area contributed by atoms with Gasteiger partial charge in [0.15, 0.2) is 0 Å². The number of halogens is 1. The fourth-order valence-electron chi connectivity index (χ4n) is 1.50. The highest BCUT2D eigenvalue weighted by Crippen LogP contribution is 2.21. The van der Waals surface area contributed by atoms with Crippen LogP contribution in [0.2, 0.25) is 4.34 Å². The summed E-state index contributed by atoms with van der Waals surface area (Å²) in [5.41, 5.74) is 5.85. The lowest BCUT2D eigenvalue weighted by Crippen LogP contribution is -2.34. The van der Waals surface area contributed by atoms with Gasteiger partial charge in [-0.05, 0) is 30.0 Å². The molecule has 0 aromatic carbocycles. The molecule has 0 aliphatic rings. The topological polar surface area (TPSA) is 55.1 Å². The second kappa shape index (κ2) is 6.33. The predicted octanol–water partition coefficient (Wildman–Crippen LogP) is 2.82. The van der Waals surface area contributed by atoms with Gasteiger partial charge in [0.25, 0.3) is 0 Å². The summed E-state index contributed by atoms with van der Waals surface area (Å²) in [4.78, 5) is 13.8. The van der Waals surface area contributed by atoms with Gasteiger partial charge >= 0.3 is 0 Å². The van der Waals surface area contributed by atoms with Gasteiger partial charge in [0.05, 0.1) is 4.34 Å². The van der Waals surface area contributed by atoms with Gasteiger partial charge in [-0.2, -0.15) is 0 Å².